The lowest BCUT2D eigenvalue weighted by atomic mass is 9.81. The van der Waals surface area contributed by atoms with Gasteiger partial charge in [0.25, 0.3) is 0 Å². The van der Waals surface area contributed by atoms with Crippen molar-refractivity contribution in [1.82, 2.24) is 24.9 Å². The number of fused-ring (bicyclic) bond motifs is 4. The molecule has 0 radical (unpaired) electrons. The average Bonchev–Trinajstić information content (AvgIpc) is 3.25. The van der Waals surface area contributed by atoms with Gasteiger partial charge in [-0.1, -0.05) is 121 Å². The van der Waals surface area contributed by atoms with Gasteiger partial charge < -0.3 is 0 Å². The number of hydrogen-bond acceptors (Lipinski definition) is 5. The van der Waals surface area contributed by atoms with E-state index in [1.807, 2.05) is 85.2 Å². The molecule has 3 aromatic heterocycles. The summed E-state index contributed by atoms with van der Waals surface area (Å²) in [6, 6.07) is 35.0. The molecule has 2 bridgehead atoms. The Morgan fingerprint density at radius 3 is 1.88 bits per heavy atom. The van der Waals surface area contributed by atoms with Crippen LogP contribution < -0.4 is 0 Å². The Morgan fingerprint density at radius 1 is 0.633 bits per heavy atom. The van der Waals surface area contributed by atoms with E-state index in [-0.39, 0.29) is 0 Å². The Hall–Kier alpha value is -6.07. The van der Waals surface area contributed by atoms with Gasteiger partial charge in [0.2, 0.25) is 0 Å². The molecule has 5 heteroatoms. The second kappa shape index (κ2) is 13.6. The summed E-state index contributed by atoms with van der Waals surface area (Å²) < 4.78 is 0. The number of nitrogens with zero attached hydrogens (tertiary/aromatic N) is 5. The van der Waals surface area contributed by atoms with Crippen LogP contribution in [0.3, 0.4) is 0 Å². The molecule has 6 aromatic rings. The highest BCUT2D eigenvalue weighted by molar-refractivity contribution is 5.73. The third-order valence-corrected chi connectivity index (χ3v) is 9.19. The van der Waals surface area contributed by atoms with Crippen molar-refractivity contribution in [3.05, 3.63) is 174 Å². The second-order valence-electron chi connectivity index (χ2n) is 12.4. The number of benzene rings is 3. The first-order valence-corrected chi connectivity index (χ1v) is 16.9. The molecule has 49 heavy (non-hydrogen) atoms. The molecule has 0 saturated heterocycles. The smallest absolute Gasteiger partial charge is 0.165 e. The Bertz CT molecular complexity index is 2170. The zero-order chi connectivity index (χ0) is 33.0. The molecule has 0 fully saturated rings. The van der Waals surface area contributed by atoms with Gasteiger partial charge in [-0.05, 0) is 72.2 Å². The fourth-order valence-electron chi connectivity index (χ4n) is 6.79. The quantitative estimate of drug-likeness (QED) is 0.183. The highest BCUT2D eigenvalue weighted by atomic mass is 15.0. The Labute approximate surface area is 287 Å². The first-order chi connectivity index (χ1) is 24.2. The van der Waals surface area contributed by atoms with Crippen LogP contribution in [0.15, 0.2) is 163 Å². The van der Waals surface area contributed by atoms with Gasteiger partial charge in [0.1, 0.15) is 0 Å². The summed E-state index contributed by atoms with van der Waals surface area (Å²) in [5, 5.41) is 0. The number of hydrogen-bond donors (Lipinski definition) is 0. The van der Waals surface area contributed by atoms with E-state index in [1.54, 1.807) is 0 Å². The topological polar surface area (TPSA) is 64.5 Å². The SMILES string of the molecule is C/C=C\C=C1C=C2/C=C\CCC/1c1c(cccc1-c1ccc(-c3ccc(-c4nc(-c5ccccc5)nc(-c5ccccc5)n4)cn3)nc1)C2. The standard InChI is InChI=1S/C44H35N5/c1-2-3-14-33-26-30-13-10-11-20-37(33)41-34(27-30)19-12-21-38(41)35-22-24-39(45-28-35)40-25-23-36(29-46-40)44-48-42(31-15-6-4-7-16-31)47-43(49-44)32-17-8-5-9-18-32/h2-10,12-19,21-26,28-29,37H,11,20,27H2,1H3/b3-2-,13-10-,33-14+. The summed E-state index contributed by atoms with van der Waals surface area (Å²) >= 11 is 0. The van der Waals surface area contributed by atoms with Crippen LogP contribution >= 0.6 is 0 Å². The average molecular weight is 634 g/mol. The molecule has 5 nitrogen and oxygen atoms in total. The van der Waals surface area contributed by atoms with Crippen LogP contribution in [0.25, 0.3) is 56.7 Å². The molecular formula is C44H35N5. The monoisotopic (exact) mass is 633 g/mol. The minimum Gasteiger partial charge on any atom is -0.254 e. The van der Waals surface area contributed by atoms with E-state index in [9.17, 15) is 0 Å². The molecule has 0 amide bonds. The summed E-state index contributed by atoms with van der Waals surface area (Å²) in [5.74, 6) is 2.16. The van der Waals surface area contributed by atoms with Gasteiger partial charge >= 0.3 is 0 Å². The van der Waals surface area contributed by atoms with E-state index in [4.69, 9.17) is 24.9 Å². The lowest BCUT2D eigenvalue weighted by molar-refractivity contribution is 0.726. The maximum absolute atomic E-state index is 4.92. The Kier molecular flexibility index (Phi) is 8.39. The summed E-state index contributed by atoms with van der Waals surface area (Å²) in [6.45, 7) is 2.07. The van der Waals surface area contributed by atoms with Crippen LogP contribution in [0.5, 0.6) is 0 Å². The predicted octanol–water partition coefficient (Wildman–Crippen LogP) is 10.4. The van der Waals surface area contributed by atoms with Crippen molar-refractivity contribution in [1.29, 1.82) is 0 Å². The van der Waals surface area contributed by atoms with E-state index in [1.165, 1.54) is 27.8 Å². The van der Waals surface area contributed by atoms with Crippen molar-refractivity contribution in [2.75, 3.05) is 0 Å². The van der Waals surface area contributed by atoms with Crippen LogP contribution in [0, 0.1) is 0 Å². The van der Waals surface area contributed by atoms with Gasteiger partial charge in [0.05, 0.1) is 11.4 Å². The highest BCUT2D eigenvalue weighted by Gasteiger charge is 2.26. The van der Waals surface area contributed by atoms with Gasteiger partial charge in [-0.3, -0.25) is 9.97 Å². The van der Waals surface area contributed by atoms with Crippen LogP contribution in [-0.4, -0.2) is 24.9 Å². The lowest BCUT2D eigenvalue weighted by Crippen LogP contribution is -2.06. The maximum atomic E-state index is 4.92. The molecule has 3 heterocycles. The fourth-order valence-corrected chi connectivity index (χ4v) is 6.79. The fraction of sp³-hybridized carbons (Fsp3) is 0.114. The van der Waals surface area contributed by atoms with Crippen molar-refractivity contribution < 1.29 is 0 Å². The zero-order valence-corrected chi connectivity index (χ0v) is 27.4. The Balaban J connectivity index is 1.11. The molecule has 2 aliphatic carbocycles. The van der Waals surface area contributed by atoms with Crippen molar-refractivity contribution >= 4 is 0 Å². The molecule has 1 atom stereocenters. The van der Waals surface area contributed by atoms with Crippen LogP contribution in [0.2, 0.25) is 0 Å². The molecule has 236 valence electrons. The molecule has 0 saturated carbocycles. The van der Waals surface area contributed by atoms with Gasteiger partial charge in [-0.15, -0.1) is 0 Å². The number of pyridine rings is 2. The lowest BCUT2D eigenvalue weighted by Gasteiger charge is -2.23. The summed E-state index contributed by atoms with van der Waals surface area (Å²) in [4.78, 5) is 24.2. The van der Waals surface area contributed by atoms with E-state index in [0.29, 0.717) is 23.4 Å². The van der Waals surface area contributed by atoms with Gasteiger partial charge in [-0.25, -0.2) is 15.0 Å². The molecule has 8 rings (SSSR count). The molecule has 3 aromatic carbocycles. The number of allylic oxidation sites excluding steroid dienone is 8. The molecule has 0 spiro atoms. The summed E-state index contributed by atoms with van der Waals surface area (Å²) in [7, 11) is 0. The Morgan fingerprint density at radius 2 is 1.27 bits per heavy atom. The molecule has 0 aliphatic heterocycles. The predicted molar refractivity (Wildman–Crippen MR) is 198 cm³/mol. The zero-order valence-electron chi connectivity index (χ0n) is 27.4. The van der Waals surface area contributed by atoms with Gasteiger partial charge in [-0.2, -0.15) is 0 Å². The van der Waals surface area contributed by atoms with E-state index >= 15 is 0 Å². The van der Waals surface area contributed by atoms with Gasteiger partial charge in [0.15, 0.2) is 17.5 Å². The van der Waals surface area contributed by atoms with Crippen LogP contribution in [0.1, 0.15) is 36.8 Å². The normalized spacial score (nSPS) is 16.9. The molecular weight excluding hydrogens is 599 g/mol. The van der Waals surface area contributed by atoms with Crippen molar-refractivity contribution in [3.63, 3.8) is 0 Å². The molecule has 1 unspecified atom stereocenters. The summed E-state index contributed by atoms with van der Waals surface area (Å²) in [6.07, 6.45) is 20.5. The van der Waals surface area contributed by atoms with Crippen molar-refractivity contribution in [2.45, 2.75) is 32.1 Å². The third kappa shape index (κ3) is 6.31. The first-order valence-electron chi connectivity index (χ1n) is 16.9. The van der Waals surface area contributed by atoms with Crippen LogP contribution in [-0.2, 0) is 6.42 Å². The number of rotatable bonds is 6. The highest BCUT2D eigenvalue weighted by Crippen LogP contribution is 2.43. The van der Waals surface area contributed by atoms with Crippen LogP contribution in [0.4, 0.5) is 0 Å². The first kappa shape index (κ1) is 30.3. The molecule has 2 aliphatic rings. The third-order valence-electron chi connectivity index (χ3n) is 9.19. The summed E-state index contributed by atoms with van der Waals surface area (Å²) in [5.41, 5.74) is 12.2. The van der Waals surface area contributed by atoms with E-state index in [2.05, 4.69) is 73.7 Å². The van der Waals surface area contributed by atoms with Crippen molar-refractivity contribution in [2.24, 2.45) is 0 Å². The van der Waals surface area contributed by atoms with E-state index in [0.717, 1.165) is 52.9 Å². The largest absolute Gasteiger partial charge is 0.254 e. The van der Waals surface area contributed by atoms with Crippen molar-refractivity contribution in [3.8, 4) is 56.7 Å². The minimum absolute atomic E-state index is 0.332. The second-order valence-corrected chi connectivity index (χ2v) is 12.4. The maximum Gasteiger partial charge on any atom is 0.165 e. The molecule has 0 N–H and O–H groups in total. The van der Waals surface area contributed by atoms with Gasteiger partial charge in [0, 0.05) is 40.6 Å². The number of aromatic nitrogens is 5. The minimum atomic E-state index is 0.332. The van der Waals surface area contributed by atoms with E-state index < -0.39 is 0 Å².